The van der Waals surface area contributed by atoms with E-state index in [2.05, 4.69) is 79.1 Å². The molecule has 1 saturated heterocycles. The lowest BCUT2D eigenvalue weighted by Gasteiger charge is -2.43. The molecule has 4 rings (SSSR count). The minimum Gasteiger partial charge on any atom is -0.508 e. The quantitative estimate of drug-likeness (QED) is 0.357. The van der Waals surface area contributed by atoms with Crippen molar-refractivity contribution in [2.75, 3.05) is 19.7 Å². The summed E-state index contributed by atoms with van der Waals surface area (Å²) in [6, 6.07) is 16.9. The Hall–Kier alpha value is -3.06. The number of phenolic OH excluding ortho intramolecular Hbond substituents is 1. The lowest BCUT2D eigenvalue weighted by molar-refractivity contribution is 0.0896. The van der Waals surface area contributed by atoms with Crippen LogP contribution in [0.2, 0.25) is 0 Å². The van der Waals surface area contributed by atoms with Crippen molar-refractivity contribution in [2.24, 2.45) is 11.8 Å². The predicted octanol–water partition coefficient (Wildman–Crippen LogP) is 6.23. The summed E-state index contributed by atoms with van der Waals surface area (Å²) < 4.78 is 0. The second-order valence-corrected chi connectivity index (χ2v) is 9.90. The Morgan fingerprint density at radius 3 is 2.54 bits per heavy atom. The van der Waals surface area contributed by atoms with Crippen LogP contribution in [-0.2, 0) is 0 Å². The molecule has 1 unspecified atom stereocenters. The van der Waals surface area contributed by atoms with Crippen molar-refractivity contribution < 1.29 is 10.2 Å². The molecule has 0 spiro atoms. The van der Waals surface area contributed by atoms with E-state index >= 15 is 0 Å². The summed E-state index contributed by atoms with van der Waals surface area (Å²) in [6.07, 6.45) is 9.05. The number of nitrogens with zero attached hydrogens (tertiary/aromatic N) is 1. The van der Waals surface area contributed by atoms with Crippen molar-refractivity contribution in [1.82, 2.24) is 4.90 Å². The first kappa shape index (κ1) is 25.0. The van der Waals surface area contributed by atoms with E-state index in [-0.39, 0.29) is 12.5 Å². The molecular formula is C32H37NO2. The van der Waals surface area contributed by atoms with Crippen LogP contribution in [0, 0.1) is 30.6 Å². The number of rotatable bonds is 8. The minimum atomic E-state index is -0.0715. The maximum absolute atomic E-state index is 10.2. The van der Waals surface area contributed by atoms with Crippen molar-refractivity contribution in [1.29, 1.82) is 0 Å². The zero-order valence-corrected chi connectivity index (χ0v) is 21.2. The summed E-state index contributed by atoms with van der Waals surface area (Å²) in [5, 5.41) is 19.9. The van der Waals surface area contributed by atoms with Gasteiger partial charge in [-0.3, -0.25) is 4.90 Å². The number of hydrogen-bond acceptors (Lipinski definition) is 3. The lowest BCUT2D eigenvalue weighted by Crippen LogP contribution is -2.50. The van der Waals surface area contributed by atoms with Crippen molar-refractivity contribution in [3.05, 3.63) is 89.0 Å². The number of likely N-dealkylation sites (tertiary alicyclic amines) is 1. The van der Waals surface area contributed by atoms with Gasteiger partial charge in [-0.05, 0) is 79.2 Å². The molecule has 3 heteroatoms. The van der Waals surface area contributed by atoms with Crippen LogP contribution < -0.4 is 0 Å². The monoisotopic (exact) mass is 467 g/mol. The van der Waals surface area contributed by atoms with Crippen LogP contribution in [0.3, 0.4) is 0 Å². The lowest BCUT2D eigenvalue weighted by atomic mass is 9.81. The average Bonchev–Trinajstić information content (AvgIpc) is 2.80. The highest BCUT2D eigenvalue weighted by Crippen LogP contribution is 2.38. The number of phenols is 1. The molecule has 1 heterocycles. The highest BCUT2D eigenvalue weighted by molar-refractivity contribution is 5.94. The van der Waals surface area contributed by atoms with Crippen LogP contribution in [0.5, 0.6) is 5.75 Å². The Morgan fingerprint density at radius 2 is 1.86 bits per heavy atom. The molecule has 2 aliphatic rings. The number of aliphatic hydroxyl groups is 1. The largest absolute Gasteiger partial charge is 0.508 e. The van der Waals surface area contributed by atoms with Gasteiger partial charge in [0.1, 0.15) is 5.75 Å². The van der Waals surface area contributed by atoms with E-state index in [1.165, 1.54) is 11.1 Å². The standard InChI is InChI=1S/C32H37NO2/c1-23(2)33-21-29(22-33)25-10-7-8-13-27(16-15-25)32(28-17-18-31(35)24(3)20-28)30(14-9-19-34)26-11-5-4-6-12-26/h4-6,10-12,15-18,20,23,27,29,34-35H,7,9,14,19,21-22H2,1-3H3/b16-15?,25-10+,32-30+. The van der Waals surface area contributed by atoms with E-state index in [1.807, 2.05) is 19.1 Å². The highest BCUT2D eigenvalue weighted by Gasteiger charge is 2.30. The van der Waals surface area contributed by atoms with Crippen molar-refractivity contribution in [3.8, 4) is 17.6 Å². The first-order valence-corrected chi connectivity index (χ1v) is 12.8. The average molecular weight is 468 g/mol. The summed E-state index contributed by atoms with van der Waals surface area (Å²) in [7, 11) is 0. The SMILES string of the molecule is Cc1cc(/C(=C(\CCCO)c2ccccc2)C2C#CC/C=C(/C3CN(C(C)C)C3)C=C2)ccc1O. The van der Waals surface area contributed by atoms with Gasteiger partial charge in [0.2, 0.25) is 0 Å². The third kappa shape index (κ3) is 5.96. The van der Waals surface area contributed by atoms with Gasteiger partial charge in [0, 0.05) is 38.1 Å². The molecule has 2 N–H and O–H groups in total. The van der Waals surface area contributed by atoms with Crippen LogP contribution in [0.15, 0.2) is 72.3 Å². The van der Waals surface area contributed by atoms with Gasteiger partial charge in [0.05, 0.1) is 5.92 Å². The molecule has 2 aromatic rings. The molecule has 0 bridgehead atoms. The van der Waals surface area contributed by atoms with Gasteiger partial charge >= 0.3 is 0 Å². The Balaban J connectivity index is 1.78. The number of aliphatic hydroxyl groups excluding tert-OH is 1. The zero-order valence-electron chi connectivity index (χ0n) is 21.2. The Morgan fingerprint density at radius 1 is 1.09 bits per heavy atom. The molecule has 1 atom stereocenters. The fourth-order valence-electron chi connectivity index (χ4n) is 4.97. The Labute approximate surface area is 210 Å². The third-order valence-electron chi connectivity index (χ3n) is 7.14. The maximum Gasteiger partial charge on any atom is 0.118 e. The smallest absolute Gasteiger partial charge is 0.118 e. The van der Waals surface area contributed by atoms with Gasteiger partial charge in [0.25, 0.3) is 0 Å². The summed E-state index contributed by atoms with van der Waals surface area (Å²) in [4.78, 5) is 2.51. The Bertz CT molecular complexity index is 1170. The number of aromatic hydroxyl groups is 1. The second kappa shape index (κ2) is 11.6. The Kier molecular flexibility index (Phi) is 8.29. The van der Waals surface area contributed by atoms with E-state index in [4.69, 9.17) is 0 Å². The fraction of sp³-hybridized carbons (Fsp3) is 0.375. The fourth-order valence-corrected chi connectivity index (χ4v) is 4.97. The molecule has 1 aliphatic carbocycles. The van der Waals surface area contributed by atoms with Gasteiger partial charge in [-0.15, -0.1) is 0 Å². The number of benzene rings is 2. The van der Waals surface area contributed by atoms with Crippen molar-refractivity contribution >= 4 is 11.1 Å². The molecule has 0 amide bonds. The van der Waals surface area contributed by atoms with E-state index in [0.29, 0.717) is 24.1 Å². The van der Waals surface area contributed by atoms with E-state index in [9.17, 15) is 10.2 Å². The van der Waals surface area contributed by atoms with Crippen LogP contribution in [-0.4, -0.2) is 40.9 Å². The van der Waals surface area contributed by atoms with Gasteiger partial charge in [-0.2, -0.15) is 0 Å². The molecule has 2 aromatic carbocycles. The number of hydrogen-bond donors (Lipinski definition) is 2. The van der Waals surface area contributed by atoms with E-state index in [0.717, 1.165) is 48.2 Å². The highest BCUT2D eigenvalue weighted by atomic mass is 16.3. The number of allylic oxidation sites excluding steroid dienone is 5. The molecular weight excluding hydrogens is 430 g/mol. The summed E-state index contributed by atoms with van der Waals surface area (Å²) in [5.41, 5.74) is 6.83. The summed E-state index contributed by atoms with van der Waals surface area (Å²) >= 11 is 0. The predicted molar refractivity (Wildman–Crippen MR) is 146 cm³/mol. The molecule has 0 aromatic heterocycles. The summed E-state index contributed by atoms with van der Waals surface area (Å²) in [6.45, 7) is 8.81. The van der Waals surface area contributed by atoms with Crippen LogP contribution in [0.1, 0.15) is 49.8 Å². The van der Waals surface area contributed by atoms with Crippen molar-refractivity contribution in [2.45, 2.75) is 46.1 Å². The molecule has 1 aliphatic heterocycles. The van der Waals surface area contributed by atoms with Gasteiger partial charge in [0.15, 0.2) is 0 Å². The molecule has 0 saturated carbocycles. The van der Waals surface area contributed by atoms with Crippen LogP contribution in [0.4, 0.5) is 0 Å². The zero-order chi connectivity index (χ0) is 24.8. The second-order valence-electron chi connectivity index (χ2n) is 9.90. The van der Waals surface area contributed by atoms with Gasteiger partial charge in [-0.25, -0.2) is 0 Å². The minimum absolute atomic E-state index is 0.0715. The number of aryl methyl sites for hydroxylation is 1. The topological polar surface area (TPSA) is 43.7 Å². The van der Waals surface area contributed by atoms with Crippen LogP contribution in [0.25, 0.3) is 11.1 Å². The van der Waals surface area contributed by atoms with E-state index < -0.39 is 0 Å². The van der Waals surface area contributed by atoms with Gasteiger partial charge < -0.3 is 10.2 Å². The maximum atomic E-state index is 10.2. The molecule has 182 valence electrons. The molecule has 1 fully saturated rings. The van der Waals surface area contributed by atoms with E-state index in [1.54, 1.807) is 6.07 Å². The van der Waals surface area contributed by atoms with Crippen molar-refractivity contribution in [3.63, 3.8) is 0 Å². The summed E-state index contributed by atoms with van der Waals surface area (Å²) in [5.74, 6) is 7.75. The first-order chi connectivity index (χ1) is 17.0. The molecule has 0 radical (unpaired) electrons. The molecule has 35 heavy (non-hydrogen) atoms. The normalized spacial score (nSPS) is 20.7. The van der Waals surface area contributed by atoms with Crippen LogP contribution >= 0.6 is 0 Å². The third-order valence-corrected chi connectivity index (χ3v) is 7.14. The molecule has 3 nitrogen and oxygen atoms in total. The van der Waals surface area contributed by atoms with Gasteiger partial charge in [-0.1, -0.05) is 66.5 Å². The first-order valence-electron chi connectivity index (χ1n) is 12.8.